The van der Waals surface area contributed by atoms with Crippen molar-refractivity contribution in [1.29, 1.82) is 0 Å². The molecule has 0 bridgehead atoms. The molecule has 2 heterocycles. The topological polar surface area (TPSA) is 153 Å². The van der Waals surface area contributed by atoms with E-state index in [9.17, 15) is 19.2 Å². The summed E-state index contributed by atoms with van der Waals surface area (Å²) in [5.74, 6) is -1.49. The smallest absolute Gasteiger partial charge is 0.341 e. The van der Waals surface area contributed by atoms with Crippen molar-refractivity contribution >= 4 is 34.3 Å². The highest BCUT2D eigenvalue weighted by atomic mass is 16.5. The number of carbonyl (C=O) groups excluding carboxylic acids is 2. The van der Waals surface area contributed by atoms with Gasteiger partial charge in [0.05, 0.1) is 12.2 Å². The van der Waals surface area contributed by atoms with Gasteiger partial charge < -0.3 is 20.2 Å². The van der Waals surface area contributed by atoms with Gasteiger partial charge in [0.2, 0.25) is 0 Å². The summed E-state index contributed by atoms with van der Waals surface area (Å²) in [4.78, 5) is 57.1. The first-order chi connectivity index (χ1) is 16.3. The summed E-state index contributed by atoms with van der Waals surface area (Å²) in [6.45, 7) is 3.40. The van der Waals surface area contributed by atoms with Crippen LogP contribution in [0.25, 0.3) is 10.9 Å². The van der Waals surface area contributed by atoms with E-state index in [0.29, 0.717) is 23.1 Å². The summed E-state index contributed by atoms with van der Waals surface area (Å²) in [5, 5.41) is 0.678. The van der Waals surface area contributed by atoms with Crippen LogP contribution in [0.15, 0.2) is 33.9 Å². The van der Waals surface area contributed by atoms with Gasteiger partial charge in [-0.1, -0.05) is 31.5 Å². The van der Waals surface area contributed by atoms with Gasteiger partial charge in [0.1, 0.15) is 5.82 Å². The highest BCUT2D eigenvalue weighted by Crippen LogP contribution is 2.23. The van der Waals surface area contributed by atoms with Gasteiger partial charge in [-0.3, -0.25) is 24.0 Å². The molecular formula is C23H29N5O6. The summed E-state index contributed by atoms with van der Waals surface area (Å²) < 4.78 is 11.6. The van der Waals surface area contributed by atoms with E-state index in [1.165, 1.54) is 11.7 Å². The number of nitrogen functional groups attached to an aromatic ring is 1. The number of para-hydroxylation sites is 1. The van der Waals surface area contributed by atoms with Crippen molar-refractivity contribution in [2.24, 2.45) is 0 Å². The minimum absolute atomic E-state index is 0.0295. The minimum Gasteiger partial charge on any atom is -0.452 e. The number of carbonyl (C=O) groups is 2. The van der Waals surface area contributed by atoms with Gasteiger partial charge in [-0.05, 0) is 19.4 Å². The van der Waals surface area contributed by atoms with Crippen LogP contribution in [0.3, 0.4) is 0 Å². The summed E-state index contributed by atoms with van der Waals surface area (Å²) in [6.07, 6.45) is 1.46. The maximum atomic E-state index is 13.1. The quantitative estimate of drug-likeness (QED) is 0.379. The van der Waals surface area contributed by atoms with Crippen LogP contribution >= 0.6 is 0 Å². The molecule has 34 heavy (non-hydrogen) atoms. The molecule has 3 rings (SSSR count). The molecule has 0 radical (unpaired) electrons. The molecule has 4 N–H and O–H groups in total. The SMILES string of the molecule is CCCCn1c(N)c(N(CCOC)C(=O)COC(=O)c2c(C)[nH]c3ccccc23)c(=O)[nH]c1=O. The lowest BCUT2D eigenvalue weighted by Crippen LogP contribution is -2.44. The lowest BCUT2D eigenvalue weighted by Gasteiger charge is -2.24. The Hall–Kier alpha value is -3.86. The maximum Gasteiger partial charge on any atom is 0.341 e. The summed E-state index contributed by atoms with van der Waals surface area (Å²) >= 11 is 0. The minimum atomic E-state index is -0.807. The normalized spacial score (nSPS) is 11.0. The number of ether oxygens (including phenoxy) is 2. The molecule has 11 heteroatoms. The van der Waals surface area contributed by atoms with Gasteiger partial charge >= 0.3 is 11.7 Å². The van der Waals surface area contributed by atoms with E-state index in [1.807, 2.05) is 19.1 Å². The predicted molar refractivity (Wildman–Crippen MR) is 128 cm³/mol. The summed E-state index contributed by atoms with van der Waals surface area (Å²) in [5.41, 5.74) is 6.22. The van der Waals surface area contributed by atoms with Gasteiger partial charge in [-0.2, -0.15) is 0 Å². The third-order valence-electron chi connectivity index (χ3n) is 5.46. The number of benzene rings is 1. The number of aromatic amines is 2. The van der Waals surface area contributed by atoms with Gasteiger partial charge in [0, 0.05) is 36.8 Å². The number of hydrogen-bond acceptors (Lipinski definition) is 7. The van der Waals surface area contributed by atoms with Gasteiger partial charge in [0.15, 0.2) is 12.3 Å². The Morgan fingerprint density at radius 1 is 1.18 bits per heavy atom. The number of aryl methyl sites for hydroxylation is 1. The molecule has 0 aliphatic carbocycles. The van der Waals surface area contributed by atoms with Gasteiger partial charge in [-0.15, -0.1) is 0 Å². The zero-order valence-corrected chi connectivity index (χ0v) is 19.5. The molecule has 0 unspecified atom stereocenters. The van der Waals surface area contributed by atoms with Crippen LogP contribution in [0.1, 0.15) is 35.8 Å². The van der Waals surface area contributed by atoms with Crippen molar-refractivity contribution in [2.75, 3.05) is 37.5 Å². The number of H-pyrrole nitrogens is 2. The number of amides is 1. The van der Waals surface area contributed by atoms with E-state index in [2.05, 4.69) is 9.97 Å². The second-order valence-electron chi connectivity index (χ2n) is 7.78. The van der Waals surface area contributed by atoms with Crippen molar-refractivity contribution in [3.63, 3.8) is 0 Å². The van der Waals surface area contributed by atoms with Crippen LogP contribution in [-0.4, -0.2) is 53.3 Å². The second-order valence-corrected chi connectivity index (χ2v) is 7.78. The van der Waals surface area contributed by atoms with Crippen LogP contribution in [-0.2, 0) is 20.8 Å². The highest BCUT2D eigenvalue weighted by molar-refractivity contribution is 6.06. The number of aromatic nitrogens is 3. The third-order valence-corrected chi connectivity index (χ3v) is 5.46. The number of anilines is 2. The number of nitrogens with two attached hydrogens (primary N) is 1. The Bertz CT molecular complexity index is 1310. The van der Waals surface area contributed by atoms with E-state index < -0.39 is 29.7 Å². The van der Waals surface area contributed by atoms with Gasteiger partial charge in [-0.25, -0.2) is 9.59 Å². The molecule has 0 fully saturated rings. The molecule has 11 nitrogen and oxygen atoms in total. The van der Waals surface area contributed by atoms with Crippen molar-refractivity contribution in [1.82, 2.24) is 14.5 Å². The largest absolute Gasteiger partial charge is 0.452 e. The molecule has 0 saturated heterocycles. The predicted octanol–water partition coefficient (Wildman–Crippen LogP) is 1.55. The fourth-order valence-corrected chi connectivity index (χ4v) is 3.74. The molecule has 1 aromatic carbocycles. The van der Waals surface area contributed by atoms with E-state index in [4.69, 9.17) is 15.2 Å². The number of nitrogens with one attached hydrogen (secondary N) is 2. The third kappa shape index (κ3) is 5.04. The molecule has 0 aliphatic heterocycles. The van der Waals surface area contributed by atoms with Crippen LogP contribution in [0.5, 0.6) is 0 Å². The number of methoxy groups -OCH3 is 1. The second kappa shape index (κ2) is 10.8. The van der Waals surface area contributed by atoms with Crippen molar-refractivity contribution < 1.29 is 19.1 Å². The standard InChI is InChI=1S/C23H29N5O6/c1-4-5-10-28-20(24)19(21(30)26-23(28)32)27(11-12-33-3)17(29)13-34-22(31)18-14(2)25-16-9-7-6-8-15(16)18/h6-9,25H,4-5,10-13,24H2,1-3H3,(H,26,30,32). The number of hydrogen-bond donors (Lipinski definition) is 3. The summed E-state index contributed by atoms with van der Waals surface area (Å²) in [7, 11) is 1.44. The molecule has 0 aliphatic rings. The monoisotopic (exact) mass is 471 g/mol. The average Bonchev–Trinajstić information content (AvgIpc) is 3.14. The Morgan fingerprint density at radius 3 is 2.62 bits per heavy atom. The van der Waals surface area contributed by atoms with E-state index in [-0.39, 0.29) is 31.2 Å². The number of rotatable bonds is 10. The first kappa shape index (κ1) is 24.8. The Labute approximate surface area is 195 Å². The lowest BCUT2D eigenvalue weighted by molar-refractivity contribution is -0.121. The Morgan fingerprint density at radius 2 is 1.91 bits per heavy atom. The zero-order valence-electron chi connectivity index (χ0n) is 19.5. The molecular weight excluding hydrogens is 442 g/mol. The summed E-state index contributed by atoms with van der Waals surface area (Å²) in [6, 6.07) is 7.25. The van der Waals surface area contributed by atoms with Gasteiger partial charge in [0.25, 0.3) is 11.5 Å². The van der Waals surface area contributed by atoms with Crippen molar-refractivity contribution in [2.45, 2.75) is 33.2 Å². The van der Waals surface area contributed by atoms with Crippen molar-refractivity contribution in [3.8, 4) is 0 Å². The molecule has 0 spiro atoms. The van der Waals surface area contributed by atoms with E-state index >= 15 is 0 Å². The molecule has 1 amide bonds. The average molecular weight is 472 g/mol. The molecule has 3 aromatic rings. The molecule has 2 aromatic heterocycles. The number of unbranched alkanes of at least 4 members (excludes halogenated alkanes) is 1. The van der Waals surface area contributed by atoms with E-state index in [0.717, 1.165) is 16.8 Å². The number of fused-ring (bicyclic) bond motifs is 1. The maximum absolute atomic E-state index is 13.1. The van der Waals surface area contributed by atoms with Crippen LogP contribution in [0.4, 0.5) is 11.5 Å². The molecule has 0 atom stereocenters. The zero-order chi connectivity index (χ0) is 24.8. The molecule has 182 valence electrons. The highest BCUT2D eigenvalue weighted by Gasteiger charge is 2.26. The first-order valence-corrected chi connectivity index (χ1v) is 11.0. The van der Waals surface area contributed by atoms with Crippen LogP contribution < -0.4 is 21.9 Å². The Kier molecular flexibility index (Phi) is 7.90. The van der Waals surface area contributed by atoms with Crippen LogP contribution in [0, 0.1) is 6.92 Å². The van der Waals surface area contributed by atoms with Crippen molar-refractivity contribution in [3.05, 3.63) is 56.4 Å². The lowest BCUT2D eigenvalue weighted by atomic mass is 10.1. The fourth-order valence-electron chi connectivity index (χ4n) is 3.74. The Balaban J connectivity index is 1.88. The first-order valence-electron chi connectivity index (χ1n) is 11.0. The number of nitrogens with zero attached hydrogens (tertiary/aromatic N) is 2. The van der Waals surface area contributed by atoms with Crippen LogP contribution in [0.2, 0.25) is 0 Å². The fraction of sp³-hybridized carbons (Fsp3) is 0.391. The number of esters is 1. The van der Waals surface area contributed by atoms with E-state index in [1.54, 1.807) is 19.1 Å². The molecule has 0 saturated carbocycles.